The van der Waals surface area contributed by atoms with Gasteiger partial charge in [-0.2, -0.15) is 0 Å². The first kappa shape index (κ1) is 17.8. The molecule has 3 N–H and O–H groups in total. The van der Waals surface area contributed by atoms with Gasteiger partial charge in [-0.25, -0.2) is 14.6 Å². The first-order chi connectivity index (χ1) is 13.6. The lowest BCUT2D eigenvalue weighted by Crippen LogP contribution is -2.28. The number of benzene rings is 1. The highest BCUT2D eigenvalue weighted by Gasteiger charge is 2.26. The van der Waals surface area contributed by atoms with Gasteiger partial charge in [0.2, 0.25) is 0 Å². The average molecular weight is 379 g/mol. The number of nitrogens with zero attached hydrogens (tertiary/aromatic N) is 3. The van der Waals surface area contributed by atoms with Crippen molar-refractivity contribution in [2.75, 3.05) is 18.4 Å². The maximum atomic E-state index is 12.1. The summed E-state index contributed by atoms with van der Waals surface area (Å²) >= 11 is 0. The number of urea groups is 1. The van der Waals surface area contributed by atoms with Crippen molar-refractivity contribution in [2.45, 2.75) is 18.9 Å². The van der Waals surface area contributed by atoms with E-state index in [0.717, 1.165) is 23.2 Å². The van der Waals surface area contributed by atoms with Gasteiger partial charge in [0.15, 0.2) is 0 Å². The second-order valence-electron chi connectivity index (χ2n) is 6.87. The first-order valence-corrected chi connectivity index (χ1v) is 9.13. The highest BCUT2D eigenvalue weighted by molar-refractivity contribution is 5.89. The zero-order valence-corrected chi connectivity index (χ0v) is 15.2. The molecule has 1 aliphatic rings. The van der Waals surface area contributed by atoms with Gasteiger partial charge in [0.1, 0.15) is 5.65 Å². The zero-order chi connectivity index (χ0) is 19.5. The smallest absolute Gasteiger partial charge is 0.407 e. The lowest BCUT2D eigenvalue weighted by Gasteiger charge is -2.13. The number of nitrogens with one attached hydrogen (secondary N) is 2. The minimum absolute atomic E-state index is 0.205. The Kier molecular flexibility index (Phi) is 4.84. The van der Waals surface area contributed by atoms with Gasteiger partial charge >= 0.3 is 12.1 Å². The van der Waals surface area contributed by atoms with Crippen molar-refractivity contribution in [3.05, 3.63) is 66.1 Å². The Morgan fingerprint density at radius 2 is 2.00 bits per heavy atom. The maximum absolute atomic E-state index is 12.1. The summed E-state index contributed by atoms with van der Waals surface area (Å²) < 4.78 is 1.91. The van der Waals surface area contributed by atoms with Crippen molar-refractivity contribution in [1.29, 1.82) is 0 Å². The minimum atomic E-state index is -0.871. The predicted molar refractivity (Wildman–Crippen MR) is 104 cm³/mol. The molecule has 1 saturated heterocycles. The number of imidazole rings is 1. The molecule has 0 radical (unpaired) electrons. The largest absolute Gasteiger partial charge is 0.465 e. The molecule has 0 aliphatic carbocycles. The molecule has 0 saturated carbocycles. The quantitative estimate of drug-likeness (QED) is 0.648. The number of aromatic nitrogens is 2. The van der Waals surface area contributed by atoms with Gasteiger partial charge in [-0.15, -0.1) is 0 Å². The van der Waals surface area contributed by atoms with E-state index in [1.807, 2.05) is 53.2 Å². The number of anilines is 1. The molecule has 2 aromatic heterocycles. The molecule has 3 amide bonds. The molecule has 8 nitrogen and oxygen atoms in total. The molecule has 28 heavy (non-hydrogen) atoms. The molecule has 8 heteroatoms. The normalized spacial score (nSPS) is 16.3. The van der Waals surface area contributed by atoms with Crippen molar-refractivity contribution >= 4 is 23.5 Å². The number of amides is 3. The Labute approximate surface area is 161 Å². The number of fused-ring (bicyclic) bond motifs is 1. The highest BCUT2D eigenvalue weighted by Crippen LogP contribution is 2.28. The van der Waals surface area contributed by atoms with Crippen LogP contribution in [-0.4, -0.2) is 44.6 Å². The summed E-state index contributed by atoms with van der Waals surface area (Å²) in [4.78, 5) is 28.8. The van der Waals surface area contributed by atoms with E-state index < -0.39 is 6.09 Å². The van der Waals surface area contributed by atoms with Gasteiger partial charge in [-0.1, -0.05) is 12.1 Å². The third-order valence-electron chi connectivity index (χ3n) is 5.01. The highest BCUT2D eigenvalue weighted by atomic mass is 16.4. The third kappa shape index (κ3) is 3.90. The summed E-state index contributed by atoms with van der Waals surface area (Å²) in [5.41, 5.74) is 3.58. The fourth-order valence-electron chi connectivity index (χ4n) is 3.46. The van der Waals surface area contributed by atoms with Crippen LogP contribution in [0.2, 0.25) is 0 Å². The lowest BCUT2D eigenvalue weighted by molar-refractivity contribution is 0.155. The summed E-state index contributed by atoms with van der Waals surface area (Å²) in [5, 5.41) is 14.7. The second kappa shape index (κ2) is 7.59. The SMILES string of the molecule is O=C(NCc1ccn2ccnc2c1)Nc1ccc(C2CCN(C(=O)O)C2)cc1. The van der Waals surface area contributed by atoms with Crippen molar-refractivity contribution in [1.82, 2.24) is 19.6 Å². The van der Waals surface area contributed by atoms with E-state index in [4.69, 9.17) is 5.11 Å². The van der Waals surface area contributed by atoms with Crippen LogP contribution in [0.1, 0.15) is 23.5 Å². The van der Waals surface area contributed by atoms with Gasteiger partial charge < -0.3 is 25.0 Å². The number of hydrogen-bond donors (Lipinski definition) is 3. The van der Waals surface area contributed by atoms with Gasteiger partial charge in [-0.3, -0.25) is 0 Å². The number of carbonyl (C=O) groups is 2. The molecule has 3 heterocycles. The van der Waals surface area contributed by atoms with Crippen molar-refractivity contribution in [2.24, 2.45) is 0 Å². The average Bonchev–Trinajstić information content (AvgIpc) is 3.36. The number of hydrogen-bond acceptors (Lipinski definition) is 3. The molecule has 0 bridgehead atoms. The summed E-state index contributed by atoms with van der Waals surface area (Å²) in [5.74, 6) is 0.205. The summed E-state index contributed by atoms with van der Waals surface area (Å²) in [6, 6.07) is 11.1. The zero-order valence-electron chi connectivity index (χ0n) is 15.2. The van der Waals surface area contributed by atoms with Crippen molar-refractivity contribution in [3.8, 4) is 0 Å². The van der Waals surface area contributed by atoms with E-state index in [1.54, 1.807) is 6.20 Å². The Morgan fingerprint density at radius 1 is 1.18 bits per heavy atom. The molecule has 1 aliphatic heterocycles. The van der Waals surface area contributed by atoms with Gasteiger partial charge in [0, 0.05) is 49.8 Å². The van der Waals surface area contributed by atoms with Crippen LogP contribution in [0.15, 0.2) is 55.0 Å². The molecule has 1 unspecified atom stereocenters. The summed E-state index contributed by atoms with van der Waals surface area (Å²) in [6.07, 6.45) is 5.45. The van der Waals surface area contributed by atoms with Crippen molar-refractivity contribution in [3.63, 3.8) is 0 Å². The van der Waals surface area contributed by atoms with Gasteiger partial charge in [0.25, 0.3) is 0 Å². The van der Waals surface area contributed by atoms with Gasteiger partial charge in [0.05, 0.1) is 0 Å². The molecule has 144 valence electrons. The molecule has 4 rings (SSSR count). The van der Waals surface area contributed by atoms with E-state index in [9.17, 15) is 9.59 Å². The Hall–Kier alpha value is -3.55. The van der Waals surface area contributed by atoms with Crippen LogP contribution in [-0.2, 0) is 6.54 Å². The number of likely N-dealkylation sites (tertiary alicyclic amines) is 1. The van der Waals surface area contributed by atoms with Crippen molar-refractivity contribution < 1.29 is 14.7 Å². The maximum Gasteiger partial charge on any atom is 0.407 e. The van der Waals surface area contributed by atoms with Gasteiger partial charge in [-0.05, 0) is 41.8 Å². The topological polar surface area (TPSA) is 99.0 Å². The Balaban J connectivity index is 1.30. The van der Waals surface area contributed by atoms with Crippen LogP contribution in [0.25, 0.3) is 5.65 Å². The number of carbonyl (C=O) groups excluding carboxylic acids is 1. The Morgan fingerprint density at radius 3 is 2.75 bits per heavy atom. The van der Waals surface area contributed by atoms with Crippen LogP contribution in [0.3, 0.4) is 0 Å². The van der Waals surface area contributed by atoms with Crippen LogP contribution >= 0.6 is 0 Å². The second-order valence-corrected chi connectivity index (χ2v) is 6.87. The van der Waals surface area contributed by atoms with E-state index in [0.29, 0.717) is 25.3 Å². The lowest BCUT2D eigenvalue weighted by atomic mass is 9.98. The standard InChI is InChI=1S/C20H21N5O3/c26-19(22-12-14-5-8-24-10-7-21-18(24)11-14)23-17-3-1-15(2-4-17)16-6-9-25(13-16)20(27)28/h1-5,7-8,10-11,16H,6,9,12-13H2,(H,27,28)(H2,22,23,26). The Bertz CT molecular complexity index is 999. The molecular formula is C20H21N5O3. The van der Waals surface area contributed by atoms with E-state index in [1.165, 1.54) is 4.90 Å². The third-order valence-corrected chi connectivity index (χ3v) is 5.01. The number of pyridine rings is 1. The molecule has 1 fully saturated rings. The van der Waals surface area contributed by atoms with Crippen LogP contribution in [0.4, 0.5) is 15.3 Å². The fourth-order valence-corrected chi connectivity index (χ4v) is 3.46. The molecular weight excluding hydrogens is 358 g/mol. The molecule has 3 aromatic rings. The first-order valence-electron chi connectivity index (χ1n) is 9.13. The van der Waals surface area contributed by atoms with Crippen LogP contribution in [0.5, 0.6) is 0 Å². The minimum Gasteiger partial charge on any atom is -0.465 e. The molecule has 1 aromatic carbocycles. The predicted octanol–water partition coefficient (Wildman–Crippen LogP) is 3.12. The van der Waals surface area contributed by atoms with E-state index >= 15 is 0 Å². The van der Waals surface area contributed by atoms with Crippen LogP contribution in [0, 0.1) is 0 Å². The number of rotatable bonds is 4. The number of carboxylic acid groups (broad SMARTS) is 1. The molecule has 1 atom stereocenters. The summed E-state index contributed by atoms with van der Waals surface area (Å²) in [6.45, 7) is 1.48. The summed E-state index contributed by atoms with van der Waals surface area (Å²) in [7, 11) is 0. The van der Waals surface area contributed by atoms with E-state index in [2.05, 4.69) is 15.6 Å². The fraction of sp³-hybridized carbons (Fsp3) is 0.250. The van der Waals surface area contributed by atoms with E-state index in [-0.39, 0.29) is 11.9 Å². The molecule has 0 spiro atoms. The monoisotopic (exact) mass is 379 g/mol. The van der Waals surface area contributed by atoms with Crippen LogP contribution < -0.4 is 10.6 Å².